The number of rotatable bonds is 4. The van der Waals surface area contributed by atoms with Crippen LogP contribution in [0.3, 0.4) is 0 Å². The lowest BCUT2D eigenvalue weighted by Gasteiger charge is -2.34. The summed E-state index contributed by atoms with van der Waals surface area (Å²) in [6, 6.07) is 2.15. The van der Waals surface area contributed by atoms with E-state index in [0.29, 0.717) is 10.7 Å². The van der Waals surface area contributed by atoms with Crippen LogP contribution < -0.4 is 4.90 Å². The highest BCUT2D eigenvalue weighted by Gasteiger charge is 2.23. The molecule has 2 aromatic heterocycles. The fourth-order valence-corrected chi connectivity index (χ4v) is 4.31. The third-order valence-electron chi connectivity index (χ3n) is 3.69. The second-order valence-electron chi connectivity index (χ2n) is 5.11. The zero-order valence-electron chi connectivity index (χ0n) is 12.3. The number of piperazine rings is 1. The van der Waals surface area contributed by atoms with Gasteiger partial charge in [0.1, 0.15) is 16.6 Å². The summed E-state index contributed by atoms with van der Waals surface area (Å²) >= 11 is 9.00. The molecule has 0 spiro atoms. The Morgan fingerprint density at radius 3 is 2.77 bits per heavy atom. The monoisotopic (exact) mass is 353 g/mol. The average Bonchev–Trinajstić information content (AvgIpc) is 3.14. The average molecular weight is 354 g/mol. The fourth-order valence-electron chi connectivity index (χ4n) is 2.49. The van der Waals surface area contributed by atoms with Crippen molar-refractivity contribution >= 4 is 39.5 Å². The molecule has 3 heterocycles. The molecule has 1 aliphatic rings. The van der Waals surface area contributed by atoms with Crippen molar-refractivity contribution in [3.8, 4) is 6.07 Å². The number of thiazole rings is 1. The SMILES string of the molecule is CCc1nc(CN2CCN(c3snc(Cl)c3C#N)CC2)cs1. The summed E-state index contributed by atoms with van der Waals surface area (Å²) in [5.41, 5.74) is 1.67. The Bertz CT molecular complexity index is 682. The van der Waals surface area contributed by atoms with Crippen molar-refractivity contribution in [2.24, 2.45) is 0 Å². The van der Waals surface area contributed by atoms with E-state index in [1.807, 2.05) is 0 Å². The number of nitriles is 1. The summed E-state index contributed by atoms with van der Waals surface area (Å²) in [7, 11) is 0. The van der Waals surface area contributed by atoms with Crippen molar-refractivity contribution in [3.63, 3.8) is 0 Å². The molecule has 0 amide bonds. The van der Waals surface area contributed by atoms with Gasteiger partial charge in [-0.05, 0) is 18.0 Å². The van der Waals surface area contributed by atoms with Gasteiger partial charge in [0.05, 0.1) is 10.7 Å². The van der Waals surface area contributed by atoms with E-state index in [-0.39, 0.29) is 0 Å². The largest absolute Gasteiger partial charge is 0.358 e. The Morgan fingerprint density at radius 1 is 1.36 bits per heavy atom. The molecule has 8 heteroatoms. The summed E-state index contributed by atoms with van der Waals surface area (Å²) < 4.78 is 4.08. The van der Waals surface area contributed by atoms with Gasteiger partial charge in [-0.15, -0.1) is 11.3 Å². The number of aryl methyl sites for hydroxylation is 1. The maximum Gasteiger partial charge on any atom is 0.162 e. The lowest BCUT2D eigenvalue weighted by Crippen LogP contribution is -2.45. The summed E-state index contributed by atoms with van der Waals surface area (Å²) in [5.74, 6) is 0. The van der Waals surface area contributed by atoms with Gasteiger partial charge in [0.2, 0.25) is 0 Å². The van der Waals surface area contributed by atoms with E-state index in [4.69, 9.17) is 11.6 Å². The van der Waals surface area contributed by atoms with Gasteiger partial charge in [-0.3, -0.25) is 4.90 Å². The van der Waals surface area contributed by atoms with Gasteiger partial charge in [0, 0.05) is 38.1 Å². The molecule has 116 valence electrons. The zero-order valence-corrected chi connectivity index (χ0v) is 14.6. The molecule has 0 aromatic carbocycles. The first-order valence-electron chi connectivity index (χ1n) is 7.17. The van der Waals surface area contributed by atoms with Crippen molar-refractivity contribution in [1.82, 2.24) is 14.3 Å². The predicted molar refractivity (Wildman–Crippen MR) is 90.8 cm³/mol. The number of hydrogen-bond donors (Lipinski definition) is 0. The number of nitrogens with zero attached hydrogens (tertiary/aromatic N) is 5. The standard InChI is InChI=1S/C14H16ClN5S2/c1-2-12-17-10(9-21-12)8-19-3-5-20(6-4-19)14-11(7-16)13(15)18-22-14/h9H,2-6,8H2,1H3. The van der Waals surface area contributed by atoms with Crippen LogP contribution in [0.4, 0.5) is 5.00 Å². The highest BCUT2D eigenvalue weighted by Crippen LogP contribution is 2.31. The molecule has 1 saturated heterocycles. The lowest BCUT2D eigenvalue weighted by molar-refractivity contribution is 0.248. The number of halogens is 1. The van der Waals surface area contributed by atoms with Crippen LogP contribution in [0.5, 0.6) is 0 Å². The van der Waals surface area contributed by atoms with Crippen LogP contribution in [0.2, 0.25) is 5.15 Å². The third kappa shape index (κ3) is 3.25. The molecule has 0 unspecified atom stereocenters. The number of hydrogen-bond acceptors (Lipinski definition) is 7. The highest BCUT2D eigenvalue weighted by molar-refractivity contribution is 7.11. The second-order valence-corrected chi connectivity index (χ2v) is 7.17. The van der Waals surface area contributed by atoms with Gasteiger partial charge in [-0.2, -0.15) is 9.64 Å². The molecule has 0 bridgehead atoms. The van der Waals surface area contributed by atoms with E-state index < -0.39 is 0 Å². The van der Waals surface area contributed by atoms with Gasteiger partial charge in [0.25, 0.3) is 0 Å². The Morgan fingerprint density at radius 2 is 2.14 bits per heavy atom. The normalized spacial score (nSPS) is 16.0. The molecule has 3 rings (SSSR count). The van der Waals surface area contributed by atoms with Gasteiger partial charge < -0.3 is 4.90 Å². The van der Waals surface area contributed by atoms with E-state index in [1.165, 1.54) is 16.5 Å². The molecule has 0 atom stereocenters. The molecule has 0 saturated carbocycles. The molecule has 0 N–H and O–H groups in total. The third-order valence-corrected chi connectivity index (χ3v) is 6.02. The minimum absolute atomic E-state index is 0.319. The van der Waals surface area contributed by atoms with Gasteiger partial charge >= 0.3 is 0 Å². The second kappa shape index (κ2) is 6.92. The van der Waals surface area contributed by atoms with Gasteiger partial charge in [-0.25, -0.2) is 4.98 Å². The molecule has 1 fully saturated rings. The summed E-state index contributed by atoms with van der Waals surface area (Å²) in [6.07, 6.45) is 1.00. The van der Waals surface area contributed by atoms with Crippen molar-refractivity contribution in [2.45, 2.75) is 19.9 Å². The first kappa shape index (κ1) is 15.7. The molecule has 22 heavy (non-hydrogen) atoms. The van der Waals surface area contributed by atoms with E-state index >= 15 is 0 Å². The van der Waals surface area contributed by atoms with E-state index in [1.54, 1.807) is 11.3 Å². The molecule has 0 radical (unpaired) electrons. The lowest BCUT2D eigenvalue weighted by atomic mass is 10.2. The summed E-state index contributed by atoms with van der Waals surface area (Å²) in [5, 5.41) is 13.8. The van der Waals surface area contributed by atoms with Crippen molar-refractivity contribution in [3.05, 3.63) is 26.8 Å². The Kier molecular flexibility index (Phi) is 4.93. The van der Waals surface area contributed by atoms with Crippen molar-refractivity contribution in [1.29, 1.82) is 5.26 Å². The molecular formula is C14H16ClN5S2. The molecular weight excluding hydrogens is 338 g/mol. The molecule has 5 nitrogen and oxygen atoms in total. The fraction of sp³-hybridized carbons (Fsp3) is 0.500. The zero-order chi connectivity index (χ0) is 15.5. The van der Waals surface area contributed by atoms with Crippen LogP contribution in [0.1, 0.15) is 23.2 Å². The van der Waals surface area contributed by atoms with Crippen LogP contribution in [0.25, 0.3) is 0 Å². The first-order valence-corrected chi connectivity index (χ1v) is 9.20. The first-order chi connectivity index (χ1) is 10.7. The summed E-state index contributed by atoms with van der Waals surface area (Å²) in [4.78, 5) is 9.23. The van der Waals surface area contributed by atoms with E-state index in [0.717, 1.165) is 49.8 Å². The van der Waals surface area contributed by atoms with Crippen LogP contribution in [0.15, 0.2) is 5.38 Å². The van der Waals surface area contributed by atoms with Crippen LogP contribution in [-0.4, -0.2) is 40.4 Å². The Labute approximate surface area is 142 Å². The van der Waals surface area contributed by atoms with Gasteiger partial charge in [0.15, 0.2) is 5.15 Å². The van der Waals surface area contributed by atoms with Crippen LogP contribution in [-0.2, 0) is 13.0 Å². The quantitative estimate of drug-likeness (QED) is 0.845. The van der Waals surface area contributed by atoms with Crippen molar-refractivity contribution < 1.29 is 0 Å². The number of aromatic nitrogens is 2. The van der Waals surface area contributed by atoms with Crippen molar-refractivity contribution in [2.75, 3.05) is 31.1 Å². The predicted octanol–water partition coefficient (Wildman–Crippen LogP) is 3.01. The van der Waals surface area contributed by atoms with Crippen LogP contribution >= 0.6 is 34.5 Å². The smallest absolute Gasteiger partial charge is 0.162 e. The Hall–Kier alpha value is -1.20. The highest BCUT2D eigenvalue weighted by atomic mass is 35.5. The minimum Gasteiger partial charge on any atom is -0.358 e. The van der Waals surface area contributed by atoms with Gasteiger partial charge in [-0.1, -0.05) is 18.5 Å². The maximum atomic E-state index is 9.18. The number of anilines is 1. The van der Waals surface area contributed by atoms with E-state index in [2.05, 4.69) is 37.5 Å². The molecule has 1 aliphatic heterocycles. The topological polar surface area (TPSA) is 56.1 Å². The van der Waals surface area contributed by atoms with Crippen LogP contribution in [0, 0.1) is 11.3 Å². The Balaban J connectivity index is 1.59. The summed E-state index contributed by atoms with van der Waals surface area (Å²) in [6.45, 7) is 6.72. The molecule has 2 aromatic rings. The van der Waals surface area contributed by atoms with E-state index in [9.17, 15) is 5.26 Å². The minimum atomic E-state index is 0.319. The maximum absolute atomic E-state index is 9.18. The molecule has 0 aliphatic carbocycles.